The first-order chi connectivity index (χ1) is 16.3. The first-order valence-electron chi connectivity index (χ1n) is 10.8. The summed E-state index contributed by atoms with van der Waals surface area (Å²) in [6.07, 6.45) is 1.74. The fourth-order valence-electron chi connectivity index (χ4n) is 4.75. The van der Waals surface area contributed by atoms with E-state index >= 15 is 0 Å². The van der Waals surface area contributed by atoms with Crippen LogP contribution in [-0.2, 0) is 15.8 Å². The third kappa shape index (κ3) is 3.91. The van der Waals surface area contributed by atoms with Crippen LogP contribution in [0.2, 0.25) is 5.02 Å². The molecular weight excluding hydrogens is 490 g/mol. The Labute approximate surface area is 209 Å². The minimum atomic E-state index is -1.61. The highest BCUT2D eigenvalue weighted by Crippen LogP contribution is 2.44. The van der Waals surface area contributed by atoms with E-state index in [1.165, 1.54) is 11.3 Å². The summed E-state index contributed by atoms with van der Waals surface area (Å²) in [7, 11) is -1.61. The molecule has 0 aliphatic carbocycles. The molecule has 1 aromatic heterocycles. The summed E-state index contributed by atoms with van der Waals surface area (Å²) in [4.78, 5) is 21.9. The molecule has 34 heavy (non-hydrogen) atoms. The number of piperidine rings is 1. The van der Waals surface area contributed by atoms with Crippen molar-refractivity contribution in [1.82, 2.24) is 4.98 Å². The number of hydrogen-bond acceptors (Lipinski definition) is 6. The van der Waals surface area contributed by atoms with Crippen LogP contribution in [0.4, 0.5) is 10.8 Å². The van der Waals surface area contributed by atoms with Crippen LogP contribution in [0.5, 0.6) is 0 Å². The van der Waals surface area contributed by atoms with Crippen molar-refractivity contribution in [2.45, 2.75) is 24.0 Å². The molecule has 2 fully saturated rings. The van der Waals surface area contributed by atoms with Gasteiger partial charge in [-0.15, -0.1) is 0 Å². The van der Waals surface area contributed by atoms with Crippen molar-refractivity contribution in [3.8, 4) is 17.2 Å². The van der Waals surface area contributed by atoms with Crippen LogP contribution < -0.4 is 14.9 Å². The Hall–Kier alpha value is -2.77. The molecule has 0 saturated carbocycles. The smallest absolute Gasteiger partial charge is 0.238 e. The SMILES string of the molecule is Cc1nc(N2CCCC3(CN(c4ccc(-c5cc(C#N)ccc5Cl)cc4)C3)C2=O)sc1S(N)=O. The summed E-state index contributed by atoms with van der Waals surface area (Å²) >= 11 is 7.58. The second kappa shape index (κ2) is 8.78. The average Bonchev–Trinajstić information content (AvgIpc) is 3.20. The van der Waals surface area contributed by atoms with Crippen LogP contribution in [0.3, 0.4) is 0 Å². The molecule has 7 nitrogen and oxygen atoms in total. The van der Waals surface area contributed by atoms with Gasteiger partial charge in [0, 0.05) is 35.9 Å². The van der Waals surface area contributed by atoms with E-state index in [0.29, 0.717) is 45.3 Å². The number of carbonyl (C=O) groups is 1. The first-order valence-corrected chi connectivity index (χ1v) is 13.2. The normalized spacial score (nSPS) is 18.0. The Morgan fingerprint density at radius 2 is 1.97 bits per heavy atom. The number of nitrogens with two attached hydrogens (primary N) is 1. The molecule has 174 valence electrons. The molecule has 2 N–H and O–H groups in total. The predicted molar refractivity (Wildman–Crippen MR) is 135 cm³/mol. The maximum Gasteiger partial charge on any atom is 0.238 e. The number of nitrogens with zero attached hydrogens (tertiary/aromatic N) is 4. The number of carbonyl (C=O) groups excluding carboxylic acids is 1. The van der Waals surface area contributed by atoms with Crippen LogP contribution in [0, 0.1) is 23.7 Å². The number of aromatic nitrogens is 1. The van der Waals surface area contributed by atoms with Crippen molar-refractivity contribution in [1.29, 1.82) is 5.26 Å². The molecule has 1 amide bonds. The molecule has 0 bridgehead atoms. The number of benzene rings is 2. The molecule has 1 unspecified atom stereocenters. The van der Waals surface area contributed by atoms with Gasteiger partial charge in [-0.25, -0.2) is 14.3 Å². The van der Waals surface area contributed by atoms with E-state index in [4.69, 9.17) is 16.7 Å². The lowest BCUT2D eigenvalue weighted by atomic mass is 9.72. The zero-order valence-corrected chi connectivity index (χ0v) is 20.8. The van der Waals surface area contributed by atoms with Crippen molar-refractivity contribution in [2.24, 2.45) is 10.6 Å². The van der Waals surface area contributed by atoms with E-state index in [-0.39, 0.29) is 5.91 Å². The second-order valence-electron chi connectivity index (χ2n) is 8.72. The minimum Gasteiger partial charge on any atom is -0.369 e. The first kappa shape index (κ1) is 23.0. The zero-order chi connectivity index (χ0) is 24.0. The summed E-state index contributed by atoms with van der Waals surface area (Å²) in [6, 6.07) is 15.4. The quantitative estimate of drug-likeness (QED) is 0.563. The van der Waals surface area contributed by atoms with Gasteiger partial charge in [-0.05, 0) is 55.7 Å². The van der Waals surface area contributed by atoms with E-state index < -0.39 is 16.4 Å². The number of nitriles is 1. The summed E-state index contributed by atoms with van der Waals surface area (Å²) in [5.74, 6) is 0.0785. The van der Waals surface area contributed by atoms with Crippen LogP contribution >= 0.6 is 22.9 Å². The highest BCUT2D eigenvalue weighted by Gasteiger charge is 2.53. The topological polar surface area (TPSA) is 103 Å². The lowest BCUT2D eigenvalue weighted by Crippen LogP contribution is -2.66. The monoisotopic (exact) mass is 511 g/mol. The van der Waals surface area contributed by atoms with Crippen LogP contribution in [0.1, 0.15) is 24.1 Å². The lowest BCUT2D eigenvalue weighted by Gasteiger charge is -2.53. The summed E-state index contributed by atoms with van der Waals surface area (Å²) in [5.41, 5.74) is 3.55. The number of rotatable bonds is 4. The van der Waals surface area contributed by atoms with E-state index in [1.54, 1.807) is 30.0 Å². The third-order valence-corrected chi connectivity index (χ3v) is 9.23. The molecule has 2 aliphatic rings. The third-order valence-electron chi connectivity index (χ3n) is 6.52. The van der Waals surface area contributed by atoms with Gasteiger partial charge in [-0.3, -0.25) is 9.69 Å². The van der Waals surface area contributed by atoms with Gasteiger partial charge in [0.1, 0.15) is 15.2 Å². The molecule has 3 heterocycles. The number of amides is 1. The highest BCUT2D eigenvalue weighted by molar-refractivity contribution is 7.85. The standard InChI is InChI=1S/C24H22ClN5O2S2/c1-15-21(34(27)32)33-23(28-15)30-10-2-9-24(22(30)31)13-29(14-24)18-6-4-17(5-7-18)19-11-16(12-26)3-8-20(19)25/h3-8,11H,2,9-10,13-14,27H2,1H3. The fourth-order valence-corrected chi connectivity index (χ4v) is 6.69. The van der Waals surface area contributed by atoms with E-state index in [9.17, 15) is 14.3 Å². The Morgan fingerprint density at radius 3 is 2.62 bits per heavy atom. The van der Waals surface area contributed by atoms with E-state index in [2.05, 4.69) is 16.0 Å². The van der Waals surface area contributed by atoms with Gasteiger partial charge in [-0.2, -0.15) is 5.26 Å². The van der Waals surface area contributed by atoms with Crippen molar-refractivity contribution < 1.29 is 9.00 Å². The highest BCUT2D eigenvalue weighted by atomic mass is 35.5. The molecule has 3 aromatic rings. The number of aryl methyl sites for hydroxylation is 1. The second-order valence-corrected chi connectivity index (χ2v) is 11.4. The summed E-state index contributed by atoms with van der Waals surface area (Å²) in [6.45, 7) is 3.67. The molecule has 10 heteroatoms. The molecule has 0 radical (unpaired) electrons. The maximum absolute atomic E-state index is 13.5. The van der Waals surface area contributed by atoms with E-state index in [0.717, 1.165) is 29.7 Å². The minimum absolute atomic E-state index is 0.0785. The largest absolute Gasteiger partial charge is 0.369 e. The molecule has 1 atom stereocenters. The Kier molecular flexibility index (Phi) is 5.94. The van der Waals surface area contributed by atoms with Gasteiger partial charge >= 0.3 is 0 Å². The molecule has 1 spiro atoms. The molecular formula is C24H22ClN5O2S2. The van der Waals surface area contributed by atoms with Gasteiger partial charge in [-0.1, -0.05) is 35.1 Å². The van der Waals surface area contributed by atoms with Crippen LogP contribution in [0.15, 0.2) is 46.7 Å². The number of hydrogen-bond donors (Lipinski definition) is 1. The van der Waals surface area contributed by atoms with E-state index in [1.807, 2.05) is 24.3 Å². The van der Waals surface area contributed by atoms with Gasteiger partial charge < -0.3 is 4.90 Å². The van der Waals surface area contributed by atoms with Crippen molar-refractivity contribution >= 4 is 50.6 Å². The van der Waals surface area contributed by atoms with Crippen molar-refractivity contribution in [3.05, 3.63) is 58.7 Å². The number of halogens is 1. The van der Waals surface area contributed by atoms with Gasteiger partial charge in [0.2, 0.25) is 5.91 Å². The summed E-state index contributed by atoms with van der Waals surface area (Å²) < 4.78 is 12.2. The summed E-state index contributed by atoms with van der Waals surface area (Å²) in [5, 5.41) is 15.9. The average molecular weight is 512 g/mol. The Morgan fingerprint density at radius 1 is 1.24 bits per heavy atom. The van der Waals surface area contributed by atoms with Crippen LogP contribution in [-0.4, -0.2) is 34.7 Å². The molecule has 2 saturated heterocycles. The predicted octanol–water partition coefficient (Wildman–Crippen LogP) is 4.26. The Balaban J connectivity index is 1.32. The zero-order valence-electron chi connectivity index (χ0n) is 18.5. The van der Waals surface area contributed by atoms with Crippen LogP contribution in [0.25, 0.3) is 11.1 Å². The van der Waals surface area contributed by atoms with Crippen molar-refractivity contribution in [3.63, 3.8) is 0 Å². The molecule has 5 rings (SSSR count). The molecule has 2 aliphatic heterocycles. The maximum atomic E-state index is 13.5. The number of anilines is 2. The fraction of sp³-hybridized carbons (Fsp3) is 0.292. The van der Waals surface area contributed by atoms with Crippen molar-refractivity contribution in [2.75, 3.05) is 29.4 Å². The molecule has 2 aromatic carbocycles. The van der Waals surface area contributed by atoms with Gasteiger partial charge in [0.05, 0.1) is 22.7 Å². The van der Waals surface area contributed by atoms with Gasteiger partial charge in [0.25, 0.3) is 0 Å². The van der Waals surface area contributed by atoms with Gasteiger partial charge in [0.15, 0.2) is 5.13 Å². The number of thiazole rings is 1. The Bertz CT molecular complexity index is 1340. The lowest BCUT2D eigenvalue weighted by molar-refractivity contribution is -0.132.